The number of amides is 2. The van der Waals surface area contributed by atoms with Gasteiger partial charge < -0.3 is 20.3 Å². The van der Waals surface area contributed by atoms with Gasteiger partial charge in [-0.05, 0) is 43.6 Å². The van der Waals surface area contributed by atoms with Crippen molar-refractivity contribution in [3.05, 3.63) is 18.2 Å². The van der Waals surface area contributed by atoms with Crippen molar-refractivity contribution in [2.45, 2.75) is 19.8 Å². The normalized spacial score (nSPS) is 19.4. The van der Waals surface area contributed by atoms with Gasteiger partial charge in [-0.25, -0.2) is 0 Å². The summed E-state index contributed by atoms with van der Waals surface area (Å²) in [4.78, 5) is 26.1. The highest BCUT2D eigenvalue weighted by atomic mass is 16.5. The van der Waals surface area contributed by atoms with Gasteiger partial charge in [-0.3, -0.25) is 9.59 Å². The highest BCUT2D eigenvalue weighted by Gasteiger charge is 2.29. The first-order valence-electron chi connectivity index (χ1n) is 8.10. The SMILES string of the molecule is COc1ccc(NC(=O)C(C)C2CNC2)cc1N1CCCC1=O. The number of hydrogen-bond donors (Lipinski definition) is 2. The van der Waals surface area contributed by atoms with Crippen LogP contribution in [0.3, 0.4) is 0 Å². The molecule has 23 heavy (non-hydrogen) atoms. The van der Waals surface area contributed by atoms with Crippen molar-refractivity contribution in [1.29, 1.82) is 0 Å². The topological polar surface area (TPSA) is 70.7 Å². The van der Waals surface area contributed by atoms with Crippen molar-refractivity contribution < 1.29 is 14.3 Å². The molecule has 1 aromatic rings. The van der Waals surface area contributed by atoms with E-state index in [4.69, 9.17) is 4.74 Å². The molecule has 2 fully saturated rings. The van der Waals surface area contributed by atoms with E-state index in [1.807, 2.05) is 19.1 Å². The van der Waals surface area contributed by atoms with Crippen molar-refractivity contribution in [3.63, 3.8) is 0 Å². The third-order valence-corrected chi connectivity index (χ3v) is 4.74. The summed E-state index contributed by atoms with van der Waals surface area (Å²) in [5, 5.41) is 6.15. The van der Waals surface area contributed by atoms with E-state index in [1.54, 1.807) is 18.1 Å². The van der Waals surface area contributed by atoms with Gasteiger partial charge >= 0.3 is 0 Å². The van der Waals surface area contributed by atoms with E-state index in [2.05, 4.69) is 10.6 Å². The Balaban J connectivity index is 1.77. The Morgan fingerprint density at radius 2 is 2.22 bits per heavy atom. The lowest BCUT2D eigenvalue weighted by Gasteiger charge is -2.31. The molecule has 2 amide bonds. The highest BCUT2D eigenvalue weighted by Crippen LogP contribution is 2.34. The molecule has 2 heterocycles. The predicted molar refractivity (Wildman–Crippen MR) is 88.7 cm³/mol. The Morgan fingerprint density at radius 3 is 2.78 bits per heavy atom. The van der Waals surface area contributed by atoms with Crippen LogP contribution in [0.5, 0.6) is 5.75 Å². The number of anilines is 2. The van der Waals surface area contributed by atoms with Crippen LogP contribution in [-0.4, -0.2) is 38.6 Å². The molecule has 0 aromatic heterocycles. The molecule has 2 N–H and O–H groups in total. The molecule has 0 saturated carbocycles. The van der Waals surface area contributed by atoms with E-state index in [1.165, 1.54) is 0 Å². The van der Waals surface area contributed by atoms with Crippen molar-refractivity contribution >= 4 is 23.2 Å². The molecular weight excluding hydrogens is 294 g/mol. The van der Waals surface area contributed by atoms with Crippen LogP contribution in [0.4, 0.5) is 11.4 Å². The first-order valence-corrected chi connectivity index (χ1v) is 8.10. The molecular formula is C17H23N3O3. The molecule has 3 rings (SSSR count). The van der Waals surface area contributed by atoms with Gasteiger partial charge in [-0.2, -0.15) is 0 Å². The van der Waals surface area contributed by atoms with Crippen LogP contribution in [0.1, 0.15) is 19.8 Å². The van der Waals surface area contributed by atoms with Gasteiger partial charge in [-0.1, -0.05) is 6.92 Å². The fraction of sp³-hybridized carbons (Fsp3) is 0.529. The molecule has 1 aromatic carbocycles. The summed E-state index contributed by atoms with van der Waals surface area (Å²) in [7, 11) is 1.59. The average molecular weight is 317 g/mol. The van der Waals surface area contributed by atoms with Crippen LogP contribution in [0, 0.1) is 11.8 Å². The number of rotatable bonds is 5. The van der Waals surface area contributed by atoms with E-state index < -0.39 is 0 Å². The molecule has 6 nitrogen and oxygen atoms in total. The lowest BCUT2D eigenvalue weighted by atomic mass is 9.88. The van der Waals surface area contributed by atoms with Gasteiger partial charge in [0.1, 0.15) is 5.75 Å². The fourth-order valence-corrected chi connectivity index (χ4v) is 3.02. The molecule has 2 saturated heterocycles. The van der Waals surface area contributed by atoms with Gasteiger partial charge in [0.05, 0.1) is 12.8 Å². The molecule has 1 unspecified atom stereocenters. The third kappa shape index (κ3) is 3.17. The van der Waals surface area contributed by atoms with Gasteiger partial charge in [-0.15, -0.1) is 0 Å². The van der Waals surface area contributed by atoms with Crippen molar-refractivity contribution in [2.75, 3.05) is 37.0 Å². The molecule has 124 valence electrons. The zero-order chi connectivity index (χ0) is 16.4. The van der Waals surface area contributed by atoms with E-state index in [0.29, 0.717) is 30.3 Å². The minimum atomic E-state index is -0.0322. The van der Waals surface area contributed by atoms with Crippen LogP contribution in [0.2, 0.25) is 0 Å². The second-order valence-corrected chi connectivity index (χ2v) is 6.23. The number of methoxy groups -OCH3 is 1. The maximum Gasteiger partial charge on any atom is 0.227 e. The van der Waals surface area contributed by atoms with Crippen molar-refractivity contribution in [3.8, 4) is 5.75 Å². The summed E-state index contributed by atoms with van der Waals surface area (Å²) in [6, 6.07) is 5.43. The van der Waals surface area contributed by atoms with E-state index in [9.17, 15) is 9.59 Å². The number of carbonyl (C=O) groups excluding carboxylic acids is 2. The van der Waals surface area contributed by atoms with Gasteiger partial charge in [0.2, 0.25) is 11.8 Å². The number of benzene rings is 1. The predicted octanol–water partition coefficient (Wildman–Crippen LogP) is 1.62. The number of nitrogens with one attached hydrogen (secondary N) is 2. The molecule has 2 aliphatic rings. The van der Waals surface area contributed by atoms with Gasteiger partial charge in [0, 0.05) is 24.6 Å². The number of nitrogens with zero attached hydrogens (tertiary/aromatic N) is 1. The van der Waals surface area contributed by atoms with Crippen LogP contribution >= 0.6 is 0 Å². The van der Waals surface area contributed by atoms with Crippen molar-refractivity contribution in [1.82, 2.24) is 5.32 Å². The van der Waals surface area contributed by atoms with Crippen LogP contribution in [0.15, 0.2) is 18.2 Å². The molecule has 2 aliphatic heterocycles. The van der Waals surface area contributed by atoms with Crippen LogP contribution in [-0.2, 0) is 9.59 Å². The summed E-state index contributed by atoms with van der Waals surface area (Å²) in [5.41, 5.74) is 1.43. The average Bonchev–Trinajstić information content (AvgIpc) is 2.91. The second-order valence-electron chi connectivity index (χ2n) is 6.23. The molecule has 0 radical (unpaired) electrons. The highest BCUT2D eigenvalue weighted by molar-refractivity contribution is 5.99. The van der Waals surface area contributed by atoms with E-state index >= 15 is 0 Å². The molecule has 1 atom stereocenters. The van der Waals surface area contributed by atoms with Gasteiger partial charge in [0.15, 0.2) is 0 Å². The molecule has 0 bridgehead atoms. The second kappa shape index (κ2) is 6.58. The Hall–Kier alpha value is -2.08. The van der Waals surface area contributed by atoms with Crippen molar-refractivity contribution in [2.24, 2.45) is 11.8 Å². The standard InChI is InChI=1S/C17H23N3O3/c1-11(12-9-18-10-12)17(22)19-13-5-6-15(23-2)14(8-13)20-7-3-4-16(20)21/h5-6,8,11-12,18H,3-4,7,9-10H2,1-2H3,(H,19,22). The number of ether oxygens (including phenoxy) is 1. The zero-order valence-corrected chi connectivity index (χ0v) is 13.6. The van der Waals surface area contributed by atoms with Crippen LogP contribution < -0.4 is 20.3 Å². The maximum absolute atomic E-state index is 12.3. The lowest BCUT2D eigenvalue weighted by molar-refractivity contribution is -0.121. The summed E-state index contributed by atoms with van der Waals surface area (Å²) >= 11 is 0. The first-order chi connectivity index (χ1) is 11.1. The fourth-order valence-electron chi connectivity index (χ4n) is 3.02. The Bertz CT molecular complexity index is 613. The maximum atomic E-state index is 12.3. The summed E-state index contributed by atoms with van der Waals surface area (Å²) in [5.74, 6) is 1.12. The summed E-state index contributed by atoms with van der Waals surface area (Å²) < 4.78 is 5.36. The molecule has 0 spiro atoms. The largest absolute Gasteiger partial charge is 0.495 e. The van der Waals surface area contributed by atoms with E-state index in [0.717, 1.165) is 25.2 Å². The Kier molecular flexibility index (Phi) is 4.52. The van der Waals surface area contributed by atoms with E-state index in [-0.39, 0.29) is 17.7 Å². The first kappa shape index (κ1) is 15.8. The van der Waals surface area contributed by atoms with Gasteiger partial charge in [0.25, 0.3) is 0 Å². The monoisotopic (exact) mass is 317 g/mol. The summed E-state index contributed by atoms with van der Waals surface area (Å²) in [6.07, 6.45) is 1.41. The Labute approximate surface area is 136 Å². The summed E-state index contributed by atoms with van der Waals surface area (Å²) in [6.45, 7) is 4.43. The minimum Gasteiger partial charge on any atom is -0.495 e. The minimum absolute atomic E-state index is 0.0142. The molecule has 0 aliphatic carbocycles. The lowest BCUT2D eigenvalue weighted by Crippen LogP contribution is -2.48. The number of carbonyl (C=O) groups is 2. The smallest absolute Gasteiger partial charge is 0.227 e. The molecule has 6 heteroatoms. The zero-order valence-electron chi connectivity index (χ0n) is 13.6. The quantitative estimate of drug-likeness (QED) is 0.866. The Morgan fingerprint density at radius 1 is 1.43 bits per heavy atom. The number of hydrogen-bond acceptors (Lipinski definition) is 4. The third-order valence-electron chi connectivity index (χ3n) is 4.74. The van der Waals surface area contributed by atoms with Crippen LogP contribution in [0.25, 0.3) is 0 Å².